The fourth-order valence-electron chi connectivity index (χ4n) is 1.88. The van der Waals surface area contributed by atoms with Crippen LogP contribution in [0.2, 0.25) is 0 Å². The lowest BCUT2D eigenvalue weighted by molar-refractivity contribution is 0.0444. The number of aromatic nitrogens is 1. The molecule has 1 heterocycles. The van der Waals surface area contributed by atoms with Crippen LogP contribution >= 0.6 is 11.3 Å². The molecule has 0 unspecified atom stereocenters. The Kier molecular flexibility index (Phi) is 7.09. The van der Waals surface area contributed by atoms with Gasteiger partial charge in [0.2, 0.25) is 10.0 Å². The predicted octanol–water partition coefficient (Wildman–Crippen LogP) is 1.78. The normalized spacial score (nSPS) is 11.5. The predicted molar refractivity (Wildman–Crippen MR) is 95.9 cm³/mol. The molecule has 8 nitrogen and oxygen atoms in total. The average Bonchev–Trinajstić information content (AvgIpc) is 3.08. The summed E-state index contributed by atoms with van der Waals surface area (Å²) in [6.45, 7) is 0.537. The maximum Gasteiger partial charge on any atom is 0.357 e. The summed E-state index contributed by atoms with van der Waals surface area (Å²) in [5.41, 5.74) is 0.236. The van der Waals surface area contributed by atoms with E-state index in [-0.39, 0.29) is 23.8 Å². The highest BCUT2D eigenvalue weighted by atomic mass is 32.2. The van der Waals surface area contributed by atoms with Crippen molar-refractivity contribution >= 4 is 27.3 Å². The minimum absolute atomic E-state index is 0.0493. The van der Waals surface area contributed by atoms with Gasteiger partial charge in [-0.2, -0.15) is 0 Å². The molecule has 10 heteroatoms. The molecule has 0 aliphatic carbocycles. The van der Waals surface area contributed by atoms with Gasteiger partial charge in [-0.05, 0) is 24.3 Å². The molecule has 26 heavy (non-hydrogen) atoms. The third-order valence-corrected chi connectivity index (χ3v) is 5.87. The van der Waals surface area contributed by atoms with E-state index < -0.39 is 16.0 Å². The van der Waals surface area contributed by atoms with Crippen molar-refractivity contribution in [2.75, 3.05) is 34.4 Å². The zero-order valence-corrected chi connectivity index (χ0v) is 16.3. The van der Waals surface area contributed by atoms with Crippen LogP contribution in [-0.2, 0) is 26.1 Å². The molecule has 0 atom stereocenters. The first-order valence-electron chi connectivity index (χ1n) is 7.60. The van der Waals surface area contributed by atoms with Crippen LogP contribution in [0.4, 0.5) is 0 Å². The van der Waals surface area contributed by atoms with Gasteiger partial charge in [0.05, 0.1) is 11.5 Å². The maximum absolute atomic E-state index is 12.0. The molecular formula is C16H20N2O6S2. The Morgan fingerprint density at radius 2 is 1.88 bits per heavy atom. The summed E-state index contributed by atoms with van der Waals surface area (Å²) in [6, 6.07) is 6.03. The first-order chi connectivity index (χ1) is 12.3. The Morgan fingerprint density at radius 3 is 2.50 bits per heavy atom. The molecule has 1 aromatic carbocycles. The Bertz CT molecular complexity index is 831. The van der Waals surface area contributed by atoms with Crippen molar-refractivity contribution in [1.29, 1.82) is 0 Å². The van der Waals surface area contributed by atoms with Gasteiger partial charge in [-0.15, -0.1) is 11.3 Å². The summed E-state index contributed by atoms with van der Waals surface area (Å²) in [7, 11) is 1.02. The molecule has 0 N–H and O–H groups in total. The van der Waals surface area contributed by atoms with Crippen molar-refractivity contribution in [1.82, 2.24) is 9.29 Å². The highest BCUT2D eigenvalue weighted by molar-refractivity contribution is 7.89. The molecule has 1 aromatic heterocycles. The molecule has 0 saturated heterocycles. The molecule has 0 saturated carbocycles. The molecule has 2 rings (SSSR count). The number of esters is 1. The van der Waals surface area contributed by atoms with Crippen molar-refractivity contribution in [3.8, 4) is 5.75 Å². The van der Waals surface area contributed by atoms with Crippen molar-refractivity contribution in [3.63, 3.8) is 0 Å². The standard InChI is InChI=1S/C16H20N2O6S2/c1-18(2)26(20,21)13-6-4-12(5-7-13)23-8-9-24-16(19)14-11-25-15(17-14)10-22-3/h4-7,11H,8-10H2,1-3H3. The summed E-state index contributed by atoms with van der Waals surface area (Å²) in [5.74, 6) is -0.0468. The molecule has 0 bridgehead atoms. The van der Waals surface area contributed by atoms with E-state index in [1.165, 1.54) is 37.6 Å². The molecule has 142 valence electrons. The van der Waals surface area contributed by atoms with E-state index >= 15 is 0 Å². The average molecular weight is 400 g/mol. The summed E-state index contributed by atoms with van der Waals surface area (Å²) in [4.78, 5) is 16.1. The fraction of sp³-hybridized carbons (Fsp3) is 0.375. The minimum Gasteiger partial charge on any atom is -0.490 e. The van der Waals surface area contributed by atoms with Gasteiger partial charge in [0, 0.05) is 26.6 Å². The van der Waals surface area contributed by atoms with Crippen LogP contribution in [0.1, 0.15) is 15.5 Å². The molecule has 0 spiro atoms. The second kappa shape index (κ2) is 9.08. The van der Waals surface area contributed by atoms with E-state index in [0.29, 0.717) is 17.4 Å². The summed E-state index contributed by atoms with van der Waals surface area (Å²) < 4.78 is 40.6. The number of methoxy groups -OCH3 is 1. The van der Waals surface area contributed by atoms with Crippen LogP contribution in [0.3, 0.4) is 0 Å². The van der Waals surface area contributed by atoms with Crippen molar-refractivity contribution in [3.05, 3.63) is 40.3 Å². The zero-order chi connectivity index (χ0) is 19.2. The van der Waals surface area contributed by atoms with Crippen LogP contribution in [0.15, 0.2) is 34.5 Å². The van der Waals surface area contributed by atoms with Crippen LogP contribution in [0.5, 0.6) is 5.75 Å². The highest BCUT2D eigenvalue weighted by Crippen LogP contribution is 2.18. The Hall–Kier alpha value is -2.01. The van der Waals surface area contributed by atoms with Gasteiger partial charge in [0.1, 0.15) is 24.0 Å². The number of hydrogen-bond donors (Lipinski definition) is 0. The van der Waals surface area contributed by atoms with Crippen molar-refractivity contribution in [2.45, 2.75) is 11.5 Å². The largest absolute Gasteiger partial charge is 0.490 e. The van der Waals surface area contributed by atoms with Crippen molar-refractivity contribution in [2.24, 2.45) is 0 Å². The third-order valence-electron chi connectivity index (χ3n) is 3.22. The molecule has 2 aromatic rings. The number of hydrogen-bond acceptors (Lipinski definition) is 8. The maximum atomic E-state index is 12.0. The van der Waals surface area contributed by atoms with Gasteiger partial charge in [0.15, 0.2) is 5.69 Å². The number of sulfonamides is 1. The number of thiazole rings is 1. The van der Waals surface area contributed by atoms with E-state index in [2.05, 4.69) is 4.98 Å². The summed E-state index contributed by atoms with van der Waals surface area (Å²) in [6.07, 6.45) is 0. The lowest BCUT2D eigenvalue weighted by Gasteiger charge is -2.12. The number of ether oxygens (including phenoxy) is 3. The van der Waals surface area contributed by atoms with Crippen LogP contribution in [0.25, 0.3) is 0 Å². The second-order valence-corrected chi connectivity index (χ2v) is 8.40. The molecule has 0 fully saturated rings. The van der Waals surface area contributed by atoms with Gasteiger partial charge < -0.3 is 14.2 Å². The number of nitrogens with zero attached hydrogens (tertiary/aromatic N) is 2. The molecule has 0 radical (unpaired) electrons. The quantitative estimate of drug-likeness (QED) is 0.468. The second-order valence-electron chi connectivity index (χ2n) is 5.30. The van der Waals surface area contributed by atoms with Gasteiger partial charge in [0.25, 0.3) is 0 Å². The minimum atomic E-state index is -3.47. The number of carbonyl (C=O) groups excluding carboxylic acids is 1. The molecular weight excluding hydrogens is 380 g/mol. The Morgan fingerprint density at radius 1 is 1.19 bits per heavy atom. The topological polar surface area (TPSA) is 95.0 Å². The SMILES string of the molecule is COCc1nc(C(=O)OCCOc2ccc(S(=O)(=O)N(C)C)cc2)cs1. The van der Waals surface area contributed by atoms with Crippen LogP contribution in [-0.4, -0.2) is 58.1 Å². The highest BCUT2D eigenvalue weighted by Gasteiger charge is 2.16. The van der Waals surface area contributed by atoms with E-state index in [1.54, 1.807) is 24.6 Å². The third kappa shape index (κ3) is 5.24. The summed E-state index contributed by atoms with van der Waals surface area (Å²) >= 11 is 1.32. The number of benzene rings is 1. The van der Waals surface area contributed by atoms with E-state index in [4.69, 9.17) is 14.2 Å². The van der Waals surface area contributed by atoms with Gasteiger partial charge in [-0.3, -0.25) is 0 Å². The van der Waals surface area contributed by atoms with Crippen LogP contribution < -0.4 is 4.74 Å². The first kappa shape index (κ1) is 20.3. The number of carbonyl (C=O) groups is 1. The molecule has 0 aliphatic heterocycles. The fourth-order valence-corrected chi connectivity index (χ4v) is 3.52. The molecule has 0 amide bonds. The van der Waals surface area contributed by atoms with Gasteiger partial charge >= 0.3 is 5.97 Å². The van der Waals surface area contributed by atoms with Crippen molar-refractivity contribution < 1.29 is 27.4 Å². The molecule has 0 aliphatic rings. The lowest BCUT2D eigenvalue weighted by Crippen LogP contribution is -2.22. The lowest BCUT2D eigenvalue weighted by atomic mass is 10.3. The summed E-state index contributed by atoms with van der Waals surface area (Å²) in [5, 5.41) is 2.31. The first-order valence-corrected chi connectivity index (χ1v) is 9.92. The Labute approximate surface area is 156 Å². The van der Waals surface area contributed by atoms with E-state index in [1.807, 2.05) is 0 Å². The monoisotopic (exact) mass is 400 g/mol. The zero-order valence-electron chi connectivity index (χ0n) is 14.7. The number of rotatable bonds is 9. The van der Waals surface area contributed by atoms with Gasteiger partial charge in [-0.25, -0.2) is 22.5 Å². The van der Waals surface area contributed by atoms with Gasteiger partial charge in [-0.1, -0.05) is 0 Å². The van der Waals surface area contributed by atoms with E-state index in [0.717, 1.165) is 4.31 Å². The smallest absolute Gasteiger partial charge is 0.357 e. The van der Waals surface area contributed by atoms with E-state index in [9.17, 15) is 13.2 Å². The van der Waals surface area contributed by atoms with Crippen LogP contribution in [0, 0.1) is 0 Å². The Balaban J connectivity index is 1.80.